The number of aryl methyl sites for hydroxylation is 1. The number of rotatable bonds is 2. The van der Waals surface area contributed by atoms with Crippen LogP contribution in [0.4, 0.5) is 0 Å². The molecule has 4 N–H and O–H groups in total. The predicted octanol–water partition coefficient (Wildman–Crippen LogP) is 1.56. The smallest absolute Gasteiger partial charge is 0.325 e. The van der Waals surface area contributed by atoms with Crippen LogP contribution in [0.25, 0.3) is 10.9 Å². The van der Waals surface area contributed by atoms with E-state index in [9.17, 15) is 4.79 Å². The zero-order valence-electron chi connectivity index (χ0n) is 8.32. The van der Waals surface area contributed by atoms with E-state index < -0.39 is 12.0 Å². The molecule has 0 spiro atoms. The van der Waals surface area contributed by atoms with Crippen molar-refractivity contribution in [1.29, 1.82) is 0 Å². The fourth-order valence-corrected chi connectivity index (χ4v) is 1.82. The van der Waals surface area contributed by atoms with Gasteiger partial charge in [0.05, 0.1) is 0 Å². The summed E-state index contributed by atoms with van der Waals surface area (Å²) < 4.78 is 0. The second kappa shape index (κ2) is 3.40. The lowest BCUT2D eigenvalue weighted by Crippen LogP contribution is -2.21. The van der Waals surface area contributed by atoms with Crippen LogP contribution in [0, 0.1) is 6.92 Å². The van der Waals surface area contributed by atoms with Gasteiger partial charge in [-0.05, 0) is 13.0 Å². The standard InChI is InChI=1S/C11H12N2O2/c1-6-9(10(12)11(14)15)7-4-2-3-5-8(7)13-6/h2-5,10,13H,12H2,1H3,(H,14,15). The van der Waals surface area contributed by atoms with Crippen LogP contribution < -0.4 is 5.73 Å². The molecule has 1 unspecified atom stereocenters. The highest BCUT2D eigenvalue weighted by Gasteiger charge is 2.20. The fraction of sp³-hybridized carbons (Fsp3) is 0.182. The van der Waals surface area contributed by atoms with Crippen LogP contribution in [0.15, 0.2) is 24.3 Å². The number of carbonyl (C=O) groups is 1. The number of nitrogens with two attached hydrogens (primary N) is 1. The second-order valence-corrected chi connectivity index (χ2v) is 3.53. The van der Waals surface area contributed by atoms with Crippen molar-refractivity contribution < 1.29 is 9.90 Å². The van der Waals surface area contributed by atoms with Gasteiger partial charge in [0.1, 0.15) is 6.04 Å². The van der Waals surface area contributed by atoms with Crippen molar-refractivity contribution in [3.8, 4) is 0 Å². The quantitative estimate of drug-likeness (QED) is 0.694. The third-order valence-electron chi connectivity index (χ3n) is 2.52. The molecule has 0 aliphatic carbocycles. The van der Waals surface area contributed by atoms with Crippen LogP contribution in [0.1, 0.15) is 17.3 Å². The van der Waals surface area contributed by atoms with Crippen LogP contribution in [-0.2, 0) is 4.79 Å². The highest BCUT2D eigenvalue weighted by atomic mass is 16.4. The summed E-state index contributed by atoms with van der Waals surface area (Å²) in [5.41, 5.74) is 8.02. The molecule has 2 rings (SSSR count). The lowest BCUT2D eigenvalue weighted by atomic mass is 10.0. The topological polar surface area (TPSA) is 79.1 Å². The molecule has 78 valence electrons. The maximum atomic E-state index is 10.9. The summed E-state index contributed by atoms with van der Waals surface area (Å²) in [4.78, 5) is 14.0. The molecular weight excluding hydrogens is 192 g/mol. The van der Waals surface area contributed by atoms with Crippen molar-refractivity contribution >= 4 is 16.9 Å². The molecule has 2 aromatic rings. The third-order valence-corrected chi connectivity index (χ3v) is 2.52. The van der Waals surface area contributed by atoms with Crippen LogP contribution in [0.2, 0.25) is 0 Å². The zero-order chi connectivity index (χ0) is 11.0. The molecule has 4 heteroatoms. The van der Waals surface area contributed by atoms with Gasteiger partial charge in [0.25, 0.3) is 0 Å². The van der Waals surface area contributed by atoms with E-state index in [2.05, 4.69) is 4.98 Å². The number of benzene rings is 1. The molecule has 0 radical (unpaired) electrons. The Hall–Kier alpha value is -1.81. The van der Waals surface area contributed by atoms with Gasteiger partial charge in [-0.25, -0.2) is 0 Å². The number of aliphatic carboxylic acids is 1. The van der Waals surface area contributed by atoms with Gasteiger partial charge in [0.15, 0.2) is 0 Å². The number of H-pyrrole nitrogens is 1. The summed E-state index contributed by atoms with van der Waals surface area (Å²) in [5, 5.41) is 9.78. The van der Waals surface area contributed by atoms with Crippen LogP contribution >= 0.6 is 0 Å². The second-order valence-electron chi connectivity index (χ2n) is 3.53. The number of hydrogen-bond donors (Lipinski definition) is 3. The van der Waals surface area contributed by atoms with E-state index in [1.165, 1.54) is 0 Å². The number of hydrogen-bond acceptors (Lipinski definition) is 2. The molecule has 1 atom stereocenters. The van der Waals surface area contributed by atoms with Crippen molar-refractivity contribution in [3.63, 3.8) is 0 Å². The van der Waals surface area contributed by atoms with E-state index in [-0.39, 0.29) is 0 Å². The molecule has 0 bridgehead atoms. The predicted molar refractivity (Wildman–Crippen MR) is 57.6 cm³/mol. The van der Waals surface area contributed by atoms with Gasteiger partial charge in [-0.1, -0.05) is 18.2 Å². The Balaban J connectivity index is 2.68. The first-order valence-corrected chi connectivity index (χ1v) is 4.67. The van der Waals surface area contributed by atoms with Crippen molar-refractivity contribution in [1.82, 2.24) is 4.98 Å². The van der Waals surface area contributed by atoms with Gasteiger partial charge in [-0.3, -0.25) is 4.79 Å². The van der Waals surface area contributed by atoms with Gasteiger partial charge in [0.2, 0.25) is 0 Å². The maximum Gasteiger partial charge on any atom is 0.325 e. The number of nitrogens with one attached hydrogen (secondary N) is 1. The first-order valence-electron chi connectivity index (χ1n) is 4.67. The Morgan fingerprint density at radius 2 is 2.13 bits per heavy atom. The molecule has 0 saturated carbocycles. The van der Waals surface area contributed by atoms with Crippen molar-refractivity contribution in [3.05, 3.63) is 35.5 Å². The highest BCUT2D eigenvalue weighted by Crippen LogP contribution is 2.26. The van der Waals surface area contributed by atoms with E-state index in [1.807, 2.05) is 31.2 Å². The summed E-state index contributed by atoms with van der Waals surface area (Å²) in [6, 6.07) is 6.57. The summed E-state index contributed by atoms with van der Waals surface area (Å²) >= 11 is 0. The molecule has 0 saturated heterocycles. The average molecular weight is 204 g/mol. The van der Waals surface area contributed by atoms with Crippen molar-refractivity contribution in [2.24, 2.45) is 5.73 Å². The summed E-state index contributed by atoms with van der Waals surface area (Å²) in [7, 11) is 0. The van der Waals surface area contributed by atoms with E-state index >= 15 is 0 Å². The molecule has 15 heavy (non-hydrogen) atoms. The van der Waals surface area contributed by atoms with Crippen LogP contribution in [-0.4, -0.2) is 16.1 Å². The van der Waals surface area contributed by atoms with E-state index in [1.54, 1.807) is 0 Å². The Morgan fingerprint density at radius 1 is 1.47 bits per heavy atom. The number of aromatic nitrogens is 1. The molecular formula is C11H12N2O2. The van der Waals surface area contributed by atoms with Gasteiger partial charge < -0.3 is 15.8 Å². The Bertz CT molecular complexity index is 516. The summed E-state index contributed by atoms with van der Waals surface area (Å²) in [6.07, 6.45) is 0. The molecule has 1 aromatic heterocycles. The molecule has 0 fully saturated rings. The SMILES string of the molecule is Cc1[nH]c2ccccc2c1C(N)C(=O)O. The van der Waals surface area contributed by atoms with Crippen molar-refractivity contribution in [2.45, 2.75) is 13.0 Å². The van der Waals surface area contributed by atoms with E-state index in [4.69, 9.17) is 10.8 Å². The van der Waals surface area contributed by atoms with Gasteiger partial charge in [-0.2, -0.15) is 0 Å². The molecule has 1 heterocycles. The fourth-order valence-electron chi connectivity index (χ4n) is 1.82. The molecule has 4 nitrogen and oxygen atoms in total. The number of carboxylic acids is 1. The minimum absolute atomic E-state index is 0.665. The van der Waals surface area contributed by atoms with Crippen molar-refractivity contribution in [2.75, 3.05) is 0 Å². The molecule has 0 aliphatic heterocycles. The van der Waals surface area contributed by atoms with E-state index in [0.29, 0.717) is 5.56 Å². The van der Waals surface area contributed by atoms with Gasteiger partial charge in [-0.15, -0.1) is 0 Å². The summed E-state index contributed by atoms with van der Waals surface area (Å²) in [6.45, 7) is 1.83. The van der Waals surface area contributed by atoms with Gasteiger partial charge >= 0.3 is 5.97 Å². The average Bonchev–Trinajstić information content (AvgIpc) is 2.52. The maximum absolute atomic E-state index is 10.9. The lowest BCUT2D eigenvalue weighted by molar-refractivity contribution is -0.138. The summed E-state index contributed by atoms with van der Waals surface area (Å²) in [5.74, 6) is -1.01. The van der Waals surface area contributed by atoms with Crippen LogP contribution in [0.5, 0.6) is 0 Å². The van der Waals surface area contributed by atoms with Crippen LogP contribution in [0.3, 0.4) is 0 Å². The minimum Gasteiger partial charge on any atom is -0.480 e. The molecule has 0 aliphatic rings. The first-order chi connectivity index (χ1) is 7.11. The normalized spacial score (nSPS) is 12.9. The largest absolute Gasteiger partial charge is 0.480 e. The number of aromatic amines is 1. The molecule has 0 amide bonds. The number of carboxylic acid groups (broad SMARTS) is 1. The lowest BCUT2D eigenvalue weighted by Gasteiger charge is -2.06. The first kappa shape index (κ1) is 9.73. The molecule has 1 aromatic carbocycles. The van der Waals surface area contributed by atoms with Gasteiger partial charge in [0, 0.05) is 22.2 Å². The van der Waals surface area contributed by atoms with E-state index in [0.717, 1.165) is 16.6 Å². The number of fused-ring (bicyclic) bond motifs is 1. The number of para-hydroxylation sites is 1. The minimum atomic E-state index is -1.01. The zero-order valence-corrected chi connectivity index (χ0v) is 8.32. The Kier molecular flexibility index (Phi) is 2.21. The Morgan fingerprint density at radius 3 is 2.80 bits per heavy atom. The third kappa shape index (κ3) is 1.49. The Labute approximate surface area is 86.7 Å². The monoisotopic (exact) mass is 204 g/mol. The highest BCUT2D eigenvalue weighted by molar-refractivity contribution is 5.90.